The van der Waals surface area contributed by atoms with Crippen LogP contribution in [-0.4, -0.2) is 31.9 Å². The van der Waals surface area contributed by atoms with E-state index in [4.69, 9.17) is 0 Å². The summed E-state index contributed by atoms with van der Waals surface area (Å²) < 4.78 is 1.72. The molecule has 1 aromatic carbocycles. The van der Waals surface area contributed by atoms with Gasteiger partial charge >= 0.3 is 0 Å². The number of anilines is 1. The van der Waals surface area contributed by atoms with Crippen molar-refractivity contribution in [2.75, 3.05) is 11.1 Å². The molecule has 0 aliphatic heterocycles. The first-order valence-corrected chi connectivity index (χ1v) is 7.63. The number of aryl methyl sites for hydroxylation is 1. The van der Waals surface area contributed by atoms with Crippen LogP contribution < -0.4 is 5.32 Å². The number of hydrogen-bond acceptors (Lipinski definition) is 5. The fourth-order valence-electron chi connectivity index (χ4n) is 1.74. The van der Waals surface area contributed by atoms with Crippen molar-refractivity contribution in [1.29, 1.82) is 0 Å². The Bertz CT molecular complexity index is 632. The first kappa shape index (κ1) is 15.5. The van der Waals surface area contributed by atoms with Crippen molar-refractivity contribution in [3.8, 4) is 0 Å². The van der Waals surface area contributed by atoms with E-state index < -0.39 is 0 Å². The van der Waals surface area contributed by atoms with Gasteiger partial charge in [-0.2, -0.15) is 0 Å². The highest BCUT2D eigenvalue weighted by Crippen LogP contribution is 2.21. The van der Waals surface area contributed by atoms with Crippen LogP contribution >= 0.6 is 11.8 Å². The molecule has 0 aliphatic rings. The highest BCUT2D eigenvalue weighted by molar-refractivity contribution is 7.99. The zero-order chi connectivity index (χ0) is 15.5. The zero-order valence-electron chi connectivity index (χ0n) is 12.6. The van der Waals surface area contributed by atoms with E-state index in [1.807, 2.05) is 52.0 Å². The van der Waals surface area contributed by atoms with E-state index in [-0.39, 0.29) is 17.2 Å². The Labute approximate surface area is 128 Å². The fraction of sp³-hybridized carbons (Fsp3) is 0.429. The zero-order valence-corrected chi connectivity index (χ0v) is 13.4. The van der Waals surface area contributed by atoms with Crippen LogP contribution in [0, 0.1) is 6.92 Å². The standard InChI is InChI=1S/C14H19N5OS/c1-10-6-5-7-11(8-10)15-12(20)9-21-13-16-17-18-19(13)14(2,3)4/h5-8H,9H2,1-4H3,(H,15,20). The molecule has 112 valence electrons. The van der Waals surface area contributed by atoms with Gasteiger partial charge in [0.1, 0.15) is 0 Å². The van der Waals surface area contributed by atoms with Crippen LogP contribution in [0.25, 0.3) is 0 Å². The Hall–Kier alpha value is -1.89. The summed E-state index contributed by atoms with van der Waals surface area (Å²) in [6.45, 7) is 8.03. The van der Waals surface area contributed by atoms with Crippen LogP contribution in [0.1, 0.15) is 26.3 Å². The molecule has 6 nitrogen and oxygen atoms in total. The van der Waals surface area contributed by atoms with Gasteiger partial charge in [-0.3, -0.25) is 4.79 Å². The highest BCUT2D eigenvalue weighted by Gasteiger charge is 2.20. The van der Waals surface area contributed by atoms with Crippen molar-refractivity contribution in [2.24, 2.45) is 0 Å². The molecular weight excluding hydrogens is 286 g/mol. The number of carbonyl (C=O) groups is 1. The van der Waals surface area contributed by atoms with Gasteiger partial charge in [-0.05, 0) is 55.8 Å². The van der Waals surface area contributed by atoms with Crippen LogP contribution in [0.5, 0.6) is 0 Å². The average Bonchev–Trinajstić information content (AvgIpc) is 2.84. The Morgan fingerprint density at radius 1 is 1.38 bits per heavy atom. The molecule has 0 aliphatic carbocycles. The van der Waals surface area contributed by atoms with E-state index in [9.17, 15) is 4.79 Å². The predicted octanol–water partition coefficient (Wildman–Crippen LogP) is 2.47. The number of carbonyl (C=O) groups excluding carboxylic acids is 1. The molecule has 1 N–H and O–H groups in total. The second-order valence-electron chi connectivity index (χ2n) is 5.75. The van der Waals surface area contributed by atoms with Gasteiger partial charge in [0.15, 0.2) is 0 Å². The summed E-state index contributed by atoms with van der Waals surface area (Å²) in [6, 6.07) is 7.71. The Morgan fingerprint density at radius 2 is 2.14 bits per heavy atom. The molecule has 1 aromatic heterocycles. The number of aromatic nitrogens is 4. The molecular formula is C14H19N5OS. The third-order valence-corrected chi connectivity index (χ3v) is 3.63. The van der Waals surface area contributed by atoms with Crippen LogP contribution in [0.15, 0.2) is 29.4 Å². The summed E-state index contributed by atoms with van der Waals surface area (Å²) in [6.07, 6.45) is 0. The predicted molar refractivity (Wildman–Crippen MR) is 83.3 cm³/mol. The van der Waals surface area contributed by atoms with E-state index in [1.54, 1.807) is 4.68 Å². The lowest BCUT2D eigenvalue weighted by Gasteiger charge is -2.19. The molecule has 2 aromatic rings. The van der Waals surface area contributed by atoms with E-state index in [0.717, 1.165) is 11.3 Å². The highest BCUT2D eigenvalue weighted by atomic mass is 32.2. The molecule has 0 saturated heterocycles. The van der Waals surface area contributed by atoms with Gasteiger partial charge in [-0.15, -0.1) is 5.10 Å². The first-order valence-electron chi connectivity index (χ1n) is 6.64. The fourth-order valence-corrected chi connectivity index (χ4v) is 2.60. The number of tetrazole rings is 1. The molecule has 0 radical (unpaired) electrons. The summed E-state index contributed by atoms with van der Waals surface area (Å²) in [5.41, 5.74) is 1.70. The van der Waals surface area contributed by atoms with E-state index in [2.05, 4.69) is 20.8 Å². The topological polar surface area (TPSA) is 72.7 Å². The number of benzene rings is 1. The quantitative estimate of drug-likeness (QED) is 0.879. The molecule has 1 amide bonds. The van der Waals surface area contributed by atoms with Gasteiger partial charge in [0.2, 0.25) is 11.1 Å². The van der Waals surface area contributed by atoms with Crippen molar-refractivity contribution in [1.82, 2.24) is 20.2 Å². The Morgan fingerprint density at radius 3 is 2.81 bits per heavy atom. The second kappa shape index (κ2) is 6.26. The van der Waals surface area contributed by atoms with Crippen molar-refractivity contribution in [3.63, 3.8) is 0 Å². The summed E-state index contributed by atoms with van der Waals surface area (Å²) in [4.78, 5) is 12.0. The SMILES string of the molecule is Cc1cccc(NC(=O)CSc2nnnn2C(C)(C)C)c1. The second-order valence-corrected chi connectivity index (χ2v) is 6.69. The van der Waals surface area contributed by atoms with Gasteiger partial charge in [0.25, 0.3) is 0 Å². The molecule has 0 atom stereocenters. The minimum absolute atomic E-state index is 0.0749. The molecule has 1 heterocycles. The number of hydrogen-bond donors (Lipinski definition) is 1. The lowest BCUT2D eigenvalue weighted by molar-refractivity contribution is -0.113. The van der Waals surface area contributed by atoms with Crippen LogP contribution in [-0.2, 0) is 10.3 Å². The summed E-state index contributed by atoms with van der Waals surface area (Å²) >= 11 is 1.33. The monoisotopic (exact) mass is 305 g/mol. The maximum atomic E-state index is 12.0. The van der Waals surface area contributed by atoms with Crippen molar-refractivity contribution < 1.29 is 4.79 Å². The molecule has 0 spiro atoms. The van der Waals surface area contributed by atoms with Gasteiger partial charge in [0.05, 0.1) is 11.3 Å². The number of nitrogens with zero attached hydrogens (tertiary/aromatic N) is 4. The average molecular weight is 305 g/mol. The van der Waals surface area contributed by atoms with Crippen molar-refractivity contribution in [2.45, 2.75) is 38.4 Å². The smallest absolute Gasteiger partial charge is 0.234 e. The third-order valence-electron chi connectivity index (χ3n) is 2.71. The first-order chi connectivity index (χ1) is 9.86. The van der Waals surface area contributed by atoms with Crippen molar-refractivity contribution >= 4 is 23.4 Å². The molecule has 0 bridgehead atoms. The molecule has 21 heavy (non-hydrogen) atoms. The van der Waals surface area contributed by atoms with Gasteiger partial charge in [-0.1, -0.05) is 23.9 Å². The Kier molecular flexibility index (Phi) is 4.62. The number of amides is 1. The van der Waals surface area contributed by atoms with E-state index in [0.29, 0.717) is 5.16 Å². The van der Waals surface area contributed by atoms with Gasteiger partial charge in [0, 0.05) is 5.69 Å². The maximum Gasteiger partial charge on any atom is 0.234 e. The molecule has 0 fully saturated rings. The third kappa shape index (κ3) is 4.29. The van der Waals surface area contributed by atoms with Gasteiger partial charge < -0.3 is 5.32 Å². The number of rotatable bonds is 4. The summed E-state index contributed by atoms with van der Waals surface area (Å²) in [5.74, 6) is 0.193. The van der Waals surface area contributed by atoms with E-state index in [1.165, 1.54) is 11.8 Å². The summed E-state index contributed by atoms with van der Waals surface area (Å²) in [7, 11) is 0. The lowest BCUT2D eigenvalue weighted by Crippen LogP contribution is -2.24. The molecule has 0 saturated carbocycles. The van der Waals surface area contributed by atoms with Crippen LogP contribution in [0.2, 0.25) is 0 Å². The van der Waals surface area contributed by atoms with E-state index >= 15 is 0 Å². The lowest BCUT2D eigenvalue weighted by atomic mass is 10.1. The van der Waals surface area contributed by atoms with Crippen LogP contribution in [0.4, 0.5) is 5.69 Å². The largest absolute Gasteiger partial charge is 0.325 e. The minimum atomic E-state index is -0.209. The molecule has 7 heteroatoms. The maximum absolute atomic E-state index is 12.0. The van der Waals surface area contributed by atoms with Gasteiger partial charge in [-0.25, -0.2) is 4.68 Å². The summed E-state index contributed by atoms with van der Waals surface area (Å²) in [5, 5.41) is 15.1. The number of thioether (sulfide) groups is 1. The molecule has 2 rings (SSSR count). The van der Waals surface area contributed by atoms with Crippen LogP contribution in [0.3, 0.4) is 0 Å². The number of nitrogens with one attached hydrogen (secondary N) is 1. The van der Waals surface area contributed by atoms with Crippen molar-refractivity contribution in [3.05, 3.63) is 29.8 Å². The normalized spacial score (nSPS) is 11.4. The minimum Gasteiger partial charge on any atom is -0.325 e. The molecule has 0 unspecified atom stereocenters. The Balaban J connectivity index is 1.95.